The SMILES string of the molecule is O=[N+]([O-])c1cccc2c(Sc3ccnc4ccccc34)ccnc12. The monoisotopic (exact) mass is 333 g/mol. The lowest BCUT2D eigenvalue weighted by Gasteiger charge is -2.08. The summed E-state index contributed by atoms with van der Waals surface area (Å²) in [5.41, 5.74) is 1.35. The van der Waals surface area contributed by atoms with E-state index in [0.29, 0.717) is 5.52 Å². The minimum atomic E-state index is -0.397. The highest BCUT2D eigenvalue weighted by atomic mass is 32.2. The molecular weight excluding hydrogens is 322 g/mol. The molecule has 2 aromatic carbocycles. The number of aromatic nitrogens is 2. The van der Waals surface area contributed by atoms with Crippen LogP contribution in [-0.4, -0.2) is 14.9 Å². The van der Waals surface area contributed by atoms with Crippen LogP contribution in [0.25, 0.3) is 21.8 Å². The van der Waals surface area contributed by atoms with Gasteiger partial charge in [0.15, 0.2) is 0 Å². The summed E-state index contributed by atoms with van der Waals surface area (Å²) in [7, 11) is 0. The minimum absolute atomic E-state index is 0.0227. The van der Waals surface area contributed by atoms with Crippen molar-refractivity contribution >= 4 is 39.3 Å². The third kappa shape index (κ3) is 2.47. The standard InChI is InChI=1S/C18H11N3O2S/c22-21(23)15-7-3-5-13-17(9-11-20-18(13)15)24-16-8-10-19-14-6-2-1-4-12(14)16/h1-11H. The van der Waals surface area contributed by atoms with E-state index in [2.05, 4.69) is 9.97 Å². The fourth-order valence-corrected chi connectivity index (χ4v) is 3.70. The van der Waals surface area contributed by atoms with Gasteiger partial charge in [0.25, 0.3) is 5.69 Å². The van der Waals surface area contributed by atoms with Crippen LogP contribution in [0.3, 0.4) is 0 Å². The number of fused-ring (bicyclic) bond motifs is 2. The van der Waals surface area contributed by atoms with Crippen molar-refractivity contribution < 1.29 is 4.92 Å². The summed E-state index contributed by atoms with van der Waals surface area (Å²) in [6.45, 7) is 0. The van der Waals surface area contributed by atoms with Crippen LogP contribution < -0.4 is 0 Å². The van der Waals surface area contributed by atoms with Gasteiger partial charge in [-0.2, -0.15) is 0 Å². The van der Waals surface area contributed by atoms with Crippen molar-refractivity contribution in [3.05, 3.63) is 77.1 Å². The van der Waals surface area contributed by atoms with E-state index >= 15 is 0 Å². The second kappa shape index (κ2) is 5.90. The Labute approximate surface area is 141 Å². The normalized spacial score (nSPS) is 11.0. The number of nitro benzene ring substituents is 1. The second-order valence-corrected chi connectivity index (χ2v) is 6.25. The third-order valence-corrected chi connectivity index (χ3v) is 4.89. The van der Waals surface area contributed by atoms with Gasteiger partial charge < -0.3 is 0 Å². The molecule has 2 aromatic heterocycles. The summed E-state index contributed by atoms with van der Waals surface area (Å²) in [4.78, 5) is 21.4. The molecule has 0 atom stereocenters. The second-order valence-electron chi connectivity index (χ2n) is 5.17. The molecule has 0 spiro atoms. The van der Waals surface area contributed by atoms with Crippen molar-refractivity contribution in [2.45, 2.75) is 9.79 Å². The van der Waals surface area contributed by atoms with E-state index in [9.17, 15) is 10.1 Å². The fraction of sp³-hybridized carbons (Fsp3) is 0. The van der Waals surface area contributed by atoms with E-state index in [1.165, 1.54) is 6.07 Å². The number of benzene rings is 2. The van der Waals surface area contributed by atoms with Gasteiger partial charge in [0, 0.05) is 39.0 Å². The van der Waals surface area contributed by atoms with Gasteiger partial charge in [0.05, 0.1) is 10.4 Å². The summed E-state index contributed by atoms with van der Waals surface area (Å²) < 4.78 is 0. The minimum Gasteiger partial charge on any atom is -0.258 e. The molecule has 4 aromatic rings. The highest BCUT2D eigenvalue weighted by Crippen LogP contribution is 2.37. The Kier molecular flexibility index (Phi) is 3.59. The number of para-hydroxylation sites is 2. The molecule has 0 N–H and O–H groups in total. The Morgan fingerprint density at radius 3 is 2.38 bits per heavy atom. The number of hydrogen-bond acceptors (Lipinski definition) is 5. The molecular formula is C18H11N3O2S. The predicted octanol–water partition coefficient (Wildman–Crippen LogP) is 4.84. The molecule has 0 aliphatic carbocycles. The molecule has 0 fully saturated rings. The van der Waals surface area contributed by atoms with Crippen LogP contribution in [0.1, 0.15) is 0 Å². The van der Waals surface area contributed by atoms with Crippen LogP contribution in [0, 0.1) is 10.1 Å². The molecule has 2 heterocycles. The number of nitro groups is 1. The topological polar surface area (TPSA) is 68.9 Å². The van der Waals surface area contributed by atoms with Crippen LogP contribution in [-0.2, 0) is 0 Å². The molecule has 4 rings (SSSR count). The van der Waals surface area contributed by atoms with Crippen LogP contribution in [0.2, 0.25) is 0 Å². The van der Waals surface area contributed by atoms with Gasteiger partial charge in [-0.3, -0.25) is 15.1 Å². The number of nitrogens with zero attached hydrogens (tertiary/aromatic N) is 3. The lowest BCUT2D eigenvalue weighted by Crippen LogP contribution is -1.92. The molecule has 5 nitrogen and oxygen atoms in total. The zero-order valence-electron chi connectivity index (χ0n) is 12.4. The molecule has 0 aliphatic heterocycles. The first-order chi connectivity index (χ1) is 11.7. The lowest BCUT2D eigenvalue weighted by molar-refractivity contribution is -0.383. The molecule has 0 bridgehead atoms. The number of non-ortho nitro benzene ring substituents is 1. The highest BCUT2D eigenvalue weighted by Gasteiger charge is 2.15. The van der Waals surface area contributed by atoms with Crippen LogP contribution in [0.5, 0.6) is 0 Å². The van der Waals surface area contributed by atoms with Crippen molar-refractivity contribution in [3.63, 3.8) is 0 Å². The molecule has 24 heavy (non-hydrogen) atoms. The first-order valence-corrected chi connectivity index (χ1v) is 8.09. The lowest BCUT2D eigenvalue weighted by atomic mass is 10.2. The molecule has 0 unspecified atom stereocenters. The molecule has 0 aliphatic rings. The third-order valence-electron chi connectivity index (χ3n) is 3.74. The molecule has 0 saturated heterocycles. The Morgan fingerprint density at radius 1 is 0.833 bits per heavy atom. The maximum Gasteiger partial charge on any atom is 0.295 e. The summed E-state index contributed by atoms with van der Waals surface area (Å²) in [5, 5.41) is 13.0. The highest BCUT2D eigenvalue weighted by molar-refractivity contribution is 7.99. The summed E-state index contributed by atoms with van der Waals surface area (Å²) >= 11 is 1.56. The van der Waals surface area contributed by atoms with E-state index < -0.39 is 4.92 Å². The first-order valence-electron chi connectivity index (χ1n) is 7.28. The van der Waals surface area contributed by atoms with E-state index in [-0.39, 0.29) is 5.69 Å². The van der Waals surface area contributed by atoms with Gasteiger partial charge in [-0.05, 0) is 18.2 Å². The molecule has 0 amide bonds. The largest absolute Gasteiger partial charge is 0.295 e. The fourth-order valence-electron chi connectivity index (χ4n) is 2.65. The molecule has 0 radical (unpaired) electrons. The van der Waals surface area contributed by atoms with Gasteiger partial charge in [-0.1, -0.05) is 42.1 Å². The quantitative estimate of drug-likeness (QED) is 0.396. The summed E-state index contributed by atoms with van der Waals surface area (Å²) in [6, 6.07) is 16.8. The zero-order chi connectivity index (χ0) is 16.5. The van der Waals surface area contributed by atoms with Crippen molar-refractivity contribution in [1.82, 2.24) is 9.97 Å². The summed E-state index contributed by atoms with van der Waals surface area (Å²) in [6.07, 6.45) is 3.39. The van der Waals surface area contributed by atoms with Crippen molar-refractivity contribution in [2.24, 2.45) is 0 Å². The smallest absolute Gasteiger partial charge is 0.258 e. The van der Waals surface area contributed by atoms with E-state index in [1.54, 1.807) is 30.2 Å². The van der Waals surface area contributed by atoms with Crippen molar-refractivity contribution in [1.29, 1.82) is 0 Å². The van der Waals surface area contributed by atoms with Gasteiger partial charge in [0.1, 0.15) is 5.52 Å². The van der Waals surface area contributed by atoms with Crippen LogP contribution in [0.15, 0.2) is 76.8 Å². The first kappa shape index (κ1) is 14.6. The maximum absolute atomic E-state index is 11.2. The maximum atomic E-state index is 11.2. The summed E-state index contributed by atoms with van der Waals surface area (Å²) in [5.74, 6) is 0. The molecule has 6 heteroatoms. The van der Waals surface area contributed by atoms with Gasteiger partial charge in [0.2, 0.25) is 0 Å². The average Bonchev–Trinajstić information content (AvgIpc) is 2.62. The van der Waals surface area contributed by atoms with Crippen LogP contribution in [0.4, 0.5) is 5.69 Å². The predicted molar refractivity (Wildman–Crippen MR) is 94.3 cm³/mol. The number of pyridine rings is 2. The van der Waals surface area contributed by atoms with Crippen molar-refractivity contribution in [3.8, 4) is 0 Å². The van der Waals surface area contributed by atoms with Gasteiger partial charge >= 0.3 is 0 Å². The van der Waals surface area contributed by atoms with E-state index in [4.69, 9.17) is 0 Å². The Balaban J connectivity index is 1.88. The van der Waals surface area contributed by atoms with E-state index in [1.807, 2.05) is 42.5 Å². The van der Waals surface area contributed by atoms with Crippen LogP contribution >= 0.6 is 11.8 Å². The Morgan fingerprint density at radius 2 is 1.54 bits per heavy atom. The molecule has 0 saturated carbocycles. The van der Waals surface area contributed by atoms with Gasteiger partial charge in [-0.25, -0.2) is 4.98 Å². The van der Waals surface area contributed by atoms with Crippen molar-refractivity contribution in [2.75, 3.05) is 0 Å². The number of hydrogen-bond donors (Lipinski definition) is 0. The van der Waals surface area contributed by atoms with E-state index in [0.717, 1.165) is 26.1 Å². The zero-order valence-corrected chi connectivity index (χ0v) is 13.2. The number of rotatable bonds is 3. The Hall–Kier alpha value is -2.99. The average molecular weight is 333 g/mol. The van der Waals surface area contributed by atoms with Gasteiger partial charge in [-0.15, -0.1) is 0 Å². The molecule has 116 valence electrons. The Bertz CT molecular complexity index is 1080.